The van der Waals surface area contributed by atoms with Crippen LogP contribution in [0.5, 0.6) is 0 Å². The lowest BCUT2D eigenvalue weighted by atomic mass is 10.1. The molecule has 2 aromatic heterocycles. The zero-order valence-electron chi connectivity index (χ0n) is 9.70. The normalized spacial score (nSPS) is 21.3. The quantitative estimate of drug-likeness (QED) is 0.833. The SMILES string of the molecule is N#Cc1[nH]ncc1-c1nc(C2CCS(=O)(=O)C2)no1. The molecule has 0 radical (unpaired) electrons. The Hall–Kier alpha value is -2.21. The number of nitrogens with zero attached hydrogens (tertiary/aromatic N) is 4. The van der Waals surface area contributed by atoms with E-state index in [2.05, 4.69) is 20.3 Å². The molecule has 0 saturated carbocycles. The van der Waals surface area contributed by atoms with E-state index < -0.39 is 9.84 Å². The molecular formula is C10H9N5O3S. The van der Waals surface area contributed by atoms with Gasteiger partial charge in [-0.1, -0.05) is 5.16 Å². The first-order chi connectivity index (χ1) is 9.09. The van der Waals surface area contributed by atoms with Gasteiger partial charge in [0.05, 0.1) is 23.3 Å². The van der Waals surface area contributed by atoms with Gasteiger partial charge in [-0.2, -0.15) is 15.3 Å². The van der Waals surface area contributed by atoms with E-state index in [0.29, 0.717) is 17.8 Å². The third kappa shape index (κ3) is 2.10. The Morgan fingerprint density at radius 2 is 2.37 bits per heavy atom. The molecule has 98 valence electrons. The highest BCUT2D eigenvalue weighted by Gasteiger charge is 2.32. The number of sulfone groups is 1. The zero-order valence-corrected chi connectivity index (χ0v) is 10.5. The average molecular weight is 279 g/mol. The van der Waals surface area contributed by atoms with E-state index in [9.17, 15) is 8.42 Å². The van der Waals surface area contributed by atoms with Crippen molar-refractivity contribution in [2.45, 2.75) is 12.3 Å². The molecular weight excluding hydrogens is 270 g/mol. The molecule has 1 unspecified atom stereocenters. The second-order valence-electron chi connectivity index (χ2n) is 4.33. The molecule has 3 heterocycles. The van der Waals surface area contributed by atoms with Crippen molar-refractivity contribution in [1.29, 1.82) is 5.26 Å². The van der Waals surface area contributed by atoms with Crippen LogP contribution in [0, 0.1) is 11.3 Å². The summed E-state index contributed by atoms with van der Waals surface area (Å²) in [6.45, 7) is 0. The van der Waals surface area contributed by atoms with Crippen LogP contribution >= 0.6 is 0 Å². The van der Waals surface area contributed by atoms with Gasteiger partial charge in [0.15, 0.2) is 15.7 Å². The average Bonchev–Trinajstić information content (AvgIpc) is 3.05. The molecule has 0 aliphatic carbocycles. The standard InChI is InChI=1S/C10H9N5O3S/c11-3-8-7(4-12-14-8)10-13-9(15-18-10)6-1-2-19(16,17)5-6/h4,6H,1-2,5H2,(H,12,14). The highest BCUT2D eigenvalue weighted by molar-refractivity contribution is 7.91. The number of nitriles is 1. The molecule has 0 spiro atoms. The van der Waals surface area contributed by atoms with Crippen LogP contribution in [0.1, 0.15) is 23.9 Å². The van der Waals surface area contributed by atoms with Crippen LogP contribution in [0.4, 0.5) is 0 Å². The molecule has 8 nitrogen and oxygen atoms in total. The van der Waals surface area contributed by atoms with Crippen molar-refractivity contribution in [2.75, 3.05) is 11.5 Å². The number of aromatic amines is 1. The van der Waals surface area contributed by atoms with E-state index in [1.54, 1.807) is 0 Å². The van der Waals surface area contributed by atoms with Gasteiger partial charge in [0.2, 0.25) is 0 Å². The molecule has 0 bridgehead atoms. The molecule has 3 rings (SSSR count). The lowest BCUT2D eigenvalue weighted by molar-refractivity contribution is 0.418. The summed E-state index contributed by atoms with van der Waals surface area (Å²) in [6, 6.07) is 1.92. The summed E-state index contributed by atoms with van der Waals surface area (Å²) in [4.78, 5) is 4.16. The van der Waals surface area contributed by atoms with Gasteiger partial charge in [-0.15, -0.1) is 0 Å². The molecule has 1 fully saturated rings. The van der Waals surface area contributed by atoms with Gasteiger partial charge in [-0.25, -0.2) is 8.42 Å². The fourth-order valence-electron chi connectivity index (χ4n) is 2.04. The van der Waals surface area contributed by atoms with Gasteiger partial charge in [-0.3, -0.25) is 5.10 Å². The van der Waals surface area contributed by atoms with Crippen molar-refractivity contribution in [3.63, 3.8) is 0 Å². The first-order valence-electron chi connectivity index (χ1n) is 5.57. The van der Waals surface area contributed by atoms with Gasteiger partial charge in [0, 0.05) is 5.92 Å². The lowest BCUT2D eigenvalue weighted by Crippen LogP contribution is -2.05. The third-order valence-corrected chi connectivity index (χ3v) is 4.79. The number of hydrogen-bond acceptors (Lipinski definition) is 7. The van der Waals surface area contributed by atoms with Crippen LogP contribution in [0.25, 0.3) is 11.5 Å². The maximum absolute atomic E-state index is 11.4. The molecule has 0 aromatic carbocycles. The molecule has 19 heavy (non-hydrogen) atoms. The minimum atomic E-state index is -2.99. The molecule has 1 N–H and O–H groups in total. The van der Waals surface area contributed by atoms with Gasteiger partial charge in [0.25, 0.3) is 5.89 Å². The number of rotatable bonds is 2. The predicted octanol–water partition coefficient (Wildman–Crippen LogP) is 0.233. The van der Waals surface area contributed by atoms with Crippen molar-refractivity contribution in [1.82, 2.24) is 20.3 Å². The Kier molecular flexibility index (Phi) is 2.60. The van der Waals surface area contributed by atoms with Crippen LogP contribution in [-0.2, 0) is 9.84 Å². The minimum absolute atomic E-state index is 0.0441. The highest BCUT2D eigenvalue weighted by Crippen LogP contribution is 2.29. The molecule has 1 saturated heterocycles. The van der Waals surface area contributed by atoms with Gasteiger partial charge in [0.1, 0.15) is 11.8 Å². The molecule has 1 atom stereocenters. The Balaban J connectivity index is 1.91. The minimum Gasteiger partial charge on any atom is -0.334 e. The first-order valence-corrected chi connectivity index (χ1v) is 7.39. The fourth-order valence-corrected chi connectivity index (χ4v) is 3.78. The molecule has 0 amide bonds. The zero-order chi connectivity index (χ0) is 13.5. The second kappa shape index (κ2) is 4.17. The molecule has 2 aromatic rings. The van der Waals surface area contributed by atoms with Crippen LogP contribution in [0.3, 0.4) is 0 Å². The highest BCUT2D eigenvalue weighted by atomic mass is 32.2. The molecule has 1 aliphatic rings. The van der Waals surface area contributed by atoms with Gasteiger partial charge >= 0.3 is 0 Å². The summed E-state index contributed by atoms with van der Waals surface area (Å²) in [5.41, 5.74) is 0.649. The van der Waals surface area contributed by atoms with E-state index in [0.717, 1.165) is 0 Å². The van der Waals surface area contributed by atoms with E-state index in [-0.39, 0.29) is 29.0 Å². The van der Waals surface area contributed by atoms with Crippen molar-refractivity contribution in [2.24, 2.45) is 0 Å². The van der Waals surface area contributed by atoms with E-state index in [1.165, 1.54) is 6.20 Å². The number of aromatic nitrogens is 4. The summed E-state index contributed by atoms with van der Waals surface area (Å²) in [7, 11) is -2.99. The van der Waals surface area contributed by atoms with Crippen molar-refractivity contribution in [3.05, 3.63) is 17.7 Å². The van der Waals surface area contributed by atoms with E-state index in [4.69, 9.17) is 9.78 Å². The van der Waals surface area contributed by atoms with Gasteiger partial charge < -0.3 is 4.52 Å². The smallest absolute Gasteiger partial charge is 0.262 e. The Labute approximate surface area is 108 Å². The topological polar surface area (TPSA) is 126 Å². The summed E-state index contributed by atoms with van der Waals surface area (Å²) < 4.78 is 27.9. The van der Waals surface area contributed by atoms with Gasteiger partial charge in [-0.05, 0) is 6.42 Å². The van der Waals surface area contributed by atoms with Crippen molar-refractivity contribution in [3.8, 4) is 17.5 Å². The van der Waals surface area contributed by atoms with Crippen molar-refractivity contribution < 1.29 is 12.9 Å². The van der Waals surface area contributed by atoms with E-state index in [1.807, 2.05) is 6.07 Å². The Morgan fingerprint density at radius 1 is 1.53 bits per heavy atom. The van der Waals surface area contributed by atoms with Crippen LogP contribution in [0.15, 0.2) is 10.7 Å². The first kappa shape index (κ1) is 11.9. The fraction of sp³-hybridized carbons (Fsp3) is 0.400. The molecule has 9 heteroatoms. The maximum atomic E-state index is 11.4. The lowest BCUT2D eigenvalue weighted by Gasteiger charge is -1.97. The summed E-state index contributed by atoms with van der Waals surface area (Å²) in [6.07, 6.45) is 1.92. The summed E-state index contributed by atoms with van der Waals surface area (Å²) in [5.74, 6) is 0.491. The summed E-state index contributed by atoms with van der Waals surface area (Å²) in [5, 5.41) is 18.9. The third-order valence-electron chi connectivity index (χ3n) is 3.02. The maximum Gasteiger partial charge on any atom is 0.262 e. The Bertz CT molecular complexity index is 754. The number of nitrogens with one attached hydrogen (secondary N) is 1. The monoisotopic (exact) mass is 279 g/mol. The predicted molar refractivity (Wildman–Crippen MR) is 62.6 cm³/mol. The Morgan fingerprint density at radius 3 is 3.05 bits per heavy atom. The largest absolute Gasteiger partial charge is 0.334 e. The number of H-pyrrole nitrogens is 1. The summed E-state index contributed by atoms with van der Waals surface area (Å²) >= 11 is 0. The van der Waals surface area contributed by atoms with E-state index >= 15 is 0 Å². The number of hydrogen-bond donors (Lipinski definition) is 1. The second-order valence-corrected chi connectivity index (χ2v) is 6.56. The van der Waals surface area contributed by atoms with Crippen LogP contribution in [-0.4, -0.2) is 40.3 Å². The molecule has 1 aliphatic heterocycles. The van der Waals surface area contributed by atoms with Crippen LogP contribution < -0.4 is 0 Å². The van der Waals surface area contributed by atoms with Crippen LogP contribution in [0.2, 0.25) is 0 Å². The van der Waals surface area contributed by atoms with Crippen molar-refractivity contribution >= 4 is 9.84 Å².